The molecule has 2 nitrogen and oxygen atoms in total. The van der Waals surface area contributed by atoms with Gasteiger partial charge in [0.1, 0.15) is 0 Å². The summed E-state index contributed by atoms with van der Waals surface area (Å²) in [5.41, 5.74) is 2.06. The van der Waals surface area contributed by atoms with Gasteiger partial charge in [-0.15, -0.1) is 0 Å². The third-order valence-corrected chi connectivity index (χ3v) is 2.99. The standard InChI is InChI=1S/C15H22O2/c1-2-15(17)14-11-7-6-10-13(14)9-5-3-4-8-12-16/h6-7,10-11,16H,2-5,8-9,12H2,1H3. The first-order valence-electron chi connectivity index (χ1n) is 6.51. The summed E-state index contributed by atoms with van der Waals surface area (Å²) in [4.78, 5) is 11.7. The minimum atomic E-state index is 0.232. The summed E-state index contributed by atoms with van der Waals surface area (Å²) < 4.78 is 0. The molecule has 0 amide bonds. The summed E-state index contributed by atoms with van der Waals surface area (Å²) in [5.74, 6) is 0.232. The van der Waals surface area contributed by atoms with E-state index in [0.717, 1.165) is 37.7 Å². The first kappa shape index (κ1) is 13.9. The van der Waals surface area contributed by atoms with Gasteiger partial charge in [-0.1, -0.05) is 44.0 Å². The fraction of sp³-hybridized carbons (Fsp3) is 0.533. The van der Waals surface area contributed by atoms with Crippen LogP contribution in [-0.2, 0) is 6.42 Å². The van der Waals surface area contributed by atoms with E-state index in [1.165, 1.54) is 5.56 Å². The van der Waals surface area contributed by atoms with E-state index in [1.54, 1.807) is 0 Å². The number of aliphatic hydroxyl groups is 1. The lowest BCUT2D eigenvalue weighted by Crippen LogP contribution is -2.02. The van der Waals surface area contributed by atoms with Gasteiger partial charge in [-0.05, 0) is 24.8 Å². The van der Waals surface area contributed by atoms with E-state index in [-0.39, 0.29) is 12.4 Å². The van der Waals surface area contributed by atoms with Crippen molar-refractivity contribution in [1.82, 2.24) is 0 Å². The Bertz CT molecular complexity index is 345. The quantitative estimate of drug-likeness (QED) is 0.553. The third kappa shape index (κ3) is 4.70. The highest BCUT2D eigenvalue weighted by Crippen LogP contribution is 2.15. The zero-order chi connectivity index (χ0) is 12.5. The van der Waals surface area contributed by atoms with Gasteiger partial charge in [-0.2, -0.15) is 0 Å². The molecule has 0 unspecified atom stereocenters. The monoisotopic (exact) mass is 234 g/mol. The summed E-state index contributed by atoms with van der Waals surface area (Å²) >= 11 is 0. The van der Waals surface area contributed by atoms with Crippen LogP contribution in [0.2, 0.25) is 0 Å². The number of carbonyl (C=O) groups is 1. The van der Waals surface area contributed by atoms with Crippen LogP contribution in [-0.4, -0.2) is 17.5 Å². The Hall–Kier alpha value is -1.15. The molecule has 17 heavy (non-hydrogen) atoms. The second-order valence-electron chi connectivity index (χ2n) is 4.32. The highest BCUT2D eigenvalue weighted by atomic mass is 16.2. The van der Waals surface area contributed by atoms with Crippen LogP contribution < -0.4 is 0 Å². The molecule has 0 radical (unpaired) electrons. The molecule has 0 aromatic heterocycles. The number of unbranched alkanes of at least 4 members (excludes halogenated alkanes) is 3. The molecule has 0 spiro atoms. The van der Waals surface area contributed by atoms with Gasteiger partial charge in [-0.25, -0.2) is 0 Å². The third-order valence-electron chi connectivity index (χ3n) is 2.99. The Morgan fingerprint density at radius 2 is 1.82 bits per heavy atom. The Morgan fingerprint density at radius 1 is 1.12 bits per heavy atom. The van der Waals surface area contributed by atoms with Crippen molar-refractivity contribution < 1.29 is 9.90 Å². The van der Waals surface area contributed by atoms with Crippen LogP contribution in [0.5, 0.6) is 0 Å². The number of benzene rings is 1. The summed E-state index contributed by atoms with van der Waals surface area (Å²) in [6, 6.07) is 7.90. The molecule has 0 atom stereocenters. The molecular weight excluding hydrogens is 212 g/mol. The maximum absolute atomic E-state index is 11.7. The molecule has 1 N–H and O–H groups in total. The largest absolute Gasteiger partial charge is 0.396 e. The molecule has 94 valence electrons. The lowest BCUT2D eigenvalue weighted by molar-refractivity contribution is 0.0987. The Labute approximate surface area is 104 Å². The molecule has 0 heterocycles. The Morgan fingerprint density at radius 3 is 2.53 bits per heavy atom. The van der Waals surface area contributed by atoms with Gasteiger partial charge in [0.05, 0.1) is 0 Å². The van der Waals surface area contributed by atoms with Crippen molar-refractivity contribution in [2.45, 2.75) is 45.4 Å². The van der Waals surface area contributed by atoms with Crippen LogP contribution in [0.1, 0.15) is 54.9 Å². The van der Waals surface area contributed by atoms with Crippen LogP contribution in [0.25, 0.3) is 0 Å². The number of Topliss-reactive ketones (excluding diaryl/α,β-unsaturated/α-hetero) is 1. The molecule has 1 rings (SSSR count). The van der Waals surface area contributed by atoms with Gasteiger partial charge in [0.25, 0.3) is 0 Å². The molecule has 2 heteroatoms. The lowest BCUT2D eigenvalue weighted by Gasteiger charge is -2.07. The SMILES string of the molecule is CCC(=O)c1ccccc1CCCCCCO. The van der Waals surface area contributed by atoms with Crippen molar-refractivity contribution in [2.24, 2.45) is 0 Å². The van der Waals surface area contributed by atoms with E-state index >= 15 is 0 Å². The van der Waals surface area contributed by atoms with Crippen LogP contribution in [0, 0.1) is 0 Å². The molecule has 1 aromatic rings. The minimum absolute atomic E-state index is 0.232. The molecule has 0 bridgehead atoms. The number of rotatable bonds is 8. The highest BCUT2D eigenvalue weighted by molar-refractivity contribution is 5.97. The molecular formula is C15H22O2. The van der Waals surface area contributed by atoms with Crippen LogP contribution in [0.3, 0.4) is 0 Å². The Kier molecular flexibility index (Phi) is 6.56. The number of aryl methyl sites for hydroxylation is 1. The highest BCUT2D eigenvalue weighted by Gasteiger charge is 2.07. The number of aliphatic hydroxyl groups excluding tert-OH is 1. The summed E-state index contributed by atoms with van der Waals surface area (Å²) in [6.07, 6.45) is 5.70. The molecule has 0 fully saturated rings. The summed E-state index contributed by atoms with van der Waals surface area (Å²) in [5, 5.41) is 8.69. The number of carbonyl (C=O) groups excluding carboxylic acids is 1. The van der Waals surface area contributed by atoms with Crippen LogP contribution >= 0.6 is 0 Å². The number of hydrogen-bond acceptors (Lipinski definition) is 2. The lowest BCUT2D eigenvalue weighted by atomic mass is 9.97. The van der Waals surface area contributed by atoms with E-state index < -0.39 is 0 Å². The van der Waals surface area contributed by atoms with Gasteiger partial charge in [-0.3, -0.25) is 4.79 Å². The topological polar surface area (TPSA) is 37.3 Å². The van der Waals surface area contributed by atoms with E-state index in [4.69, 9.17) is 5.11 Å². The predicted molar refractivity (Wildman–Crippen MR) is 70.3 cm³/mol. The maximum atomic E-state index is 11.7. The van der Waals surface area contributed by atoms with Crippen molar-refractivity contribution in [1.29, 1.82) is 0 Å². The van der Waals surface area contributed by atoms with Gasteiger partial charge < -0.3 is 5.11 Å². The normalized spacial score (nSPS) is 10.5. The van der Waals surface area contributed by atoms with Crippen molar-refractivity contribution in [3.05, 3.63) is 35.4 Å². The second kappa shape index (κ2) is 8.02. The molecule has 0 aliphatic heterocycles. The van der Waals surface area contributed by atoms with Crippen molar-refractivity contribution in [3.63, 3.8) is 0 Å². The van der Waals surface area contributed by atoms with Gasteiger partial charge in [0, 0.05) is 18.6 Å². The average Bonchev–Trinajstić information content (AvgIpc) is 2.38. The van der Waals surface area contributed by atoms with Gasteiger partial charge in [0.2, 0.25) is 0 Å². The fourth-order valence-corrected chi connectivity index (χ4v) is 1.98. The van der Waals surface area contributed by atoms with E-state index in [0.29, 0.717) is 6.42 Å². The van der Waals surface area contributed by atoms with Crippen LogP contribution in [0.4, 0.5) is 0 Å². The predicted octanol–water partition coefficient (Wildman–Crippen LogP) is 3.37. The first-order chi connectivity index (χ1) is 8.29. The molecule has 0 aliphatic carbocycles. The number of ketones is 1. The second-order valence-corrected chi connectivity index (χ2v) is 4.32. The maximum Gasteiger partial charge on any atom is 0.162 e. The fourth-order valence-electron chi connectivity index (χ4n) is 1.98. The molecule has 0 saturated heterocycles. The van der Waals surface area contributed by atoms with Crippen molar-refractivity contribution in [3.8, 4) is 0 Å². The summed E-state index contributed by atoms with van der Waals surface area (Å²) in [6.45, 7) is 2.19. The molecule has 1 aromatic carbocycles. The molecule has 0 saturated carbocycles. The van der Waals surface area contributed by atoms with Crippen molar-refractivity contribution >= 4 is 5.78 Å². The van der Waals surface area contributed by atoms with Gasteiger partial charge >= 0.3 is 0 Å². The summed E-state index contributed by atoms with van der Waals surface area (Å²) in [7, 11) is 0. The van der Waals surface area contributed by atoms with E-state index in [9.17, 15) is 4.79 Å². The average molecular weight is 234 g/mol. The van der Waals surface area contributed by atoms with Crippen LogP contribution in [0.15, 0.2) is 24.3 Å². The zero-order valence-electron chi connectivity index (χ0n) is 10.6. The first-order valence-corrected chi connectivity index (χ1v) is 6.51. The minimum Gasteiger partial charge on any atom is -0.396 e. The number of hydrogen-bond donors (Lipinski definition) is 1. The van der Waals surface area contributed by atoms with E-state index in [1.807, 2.05) is 25.1 Å². The smallest absolute Gasteiger partial charge is 0.162 e. The molecule has 0 aliphatic rings. The van der Waals surface area contributed by atoms with E-state index in [2.05, 4.69) is 6.07 Å². The zero-order valence-corrected chi connectivity index (χ0v) is 10.6. The Balaban J connectivity index is 2.49. The van der Waals surface area contributed by atoms with Gasteiger partial charge in [0.15, 0.2) is 5.78 Å². The van der Waals surface area contributed by atoms with Crippen molar-refractivity contribution in [2.75, 3.05) is 6.61 Å².